The maximum atomic E-state index is 10.4. The molecular formula is C10H14N2O3. The molecule has 0 aromatic carbocycles. The van der Waals surface area contributed by atoms with E-state index in [0.29, 0.717) is 12.0 Å². The van der Waals surface area contributed by atoms with Gasteiger partial charge in [0.2, 0.25) is 5.91 Å². The van der Waals surface area contributed by atoms with E-state index in [1.807, 2.05) is 6.92 Å². The molecule has 3 N–H and O–H groups in total. The second-order valence-electron chi connectivity index (χ2n) is 2.75. The number of carbonyl (C=O) groups excluding carboxylic acids is 1. The maximum Gasteiger partial charge on any atom is 0.303 e. The predicted molar refractivity (Wildman–Crippen MR) is 55.3 cm³/mol. The molecule has 1 aromatic rings. The van der Waals surface area contributed by atoms with Crippen LogP contribution in [0.1, 0.15) is 30.1 Å². The monoisotopic (exact) mass is 210 g/mol. The molecule has 0 unspecified atom stereocenters. The molecule has 0 saturated heterocycles. The minimum Gasteiger partial charge on any atom is -0.481 e. The Morgan fingerprint density at radius 3 is 2.40 bits per heavy atom. The standard InChI is InChI=1S/C6H6N2O.C4H8O2/c7-6(9)5-2-1-3-8-4-5;1-2-3-4(5)6/h1-4H,(H2,7,9);2-3H2,1H3,(H,5,6). The molecule has 0 aliphatic rings. The first-order chi connectivity index (χ1) is 7.07. The van der Waals surface area contributed by atoms with Crippen molar-refractivity contribution in [3.63, 3.8) is 0 Å². The Kier molecular flexibility index (Phi) is 6.54. The normalized spacial score (nSPS) is 8.60. The van der Waals surface area contributed by atoms with Gasteiger partial charge in [0.15, 0.2) is 0 Å². The van der Waals surface area contributed by atoms with E-state index in [0.717, 1.165) is 6.42 Å². The average Bonchev–Trinajstić information content (AvgIpc) is 2.20. The van der Waals surface area contributed by atoms with Crippen molar-refractivity contribution >= 4 is 11.9 Å². The maximum absolute atomic E-state index is 10.4. The van der Waals surface area contributed by atoms with Gasteiger partial charge in [0.1, 0.15) is 0 Å². The van der Waals surface area contributed by atoms with Crippen molar-refractivity contribution in [2.45, 2.75) is 19.8 Å². The summed E-state index contributed by atoms with van der Waals surface area (Å²) in [6, 6.07) is 3.29. The van der Waals surface area contributed by atoms with Gasteiger partial charge in [-0.25, -0.2) is 0 Å². The van der Waals surface area contributed by atoms with E-state index in [2.05, 4.69) is 4.98 Å². The fourth-order valence-electron chi connectivity index (χ4n) is 0.722. The lowest BCUT2D eigenvalue weighted by Gasteiger charge is -1.88. The summed E-state index contributed by atoms with van der Waals surface area (Å²) in [5.74, 6) is -1.15. The molecule has 5 nitrogen and oxygen atoms in total. The van der Waals surface area contributed by atoms with E-state index in [4.69, 9.17) is 10.8 Å². The summed E-state index contributed by atoms with van der Waals surface area (Å²) in [5, 5.41) is 7.91. The number of amides is 1. The number of carboxylic acid groups (broad SMARTS) is 1. The second-order valence-corrected chi connectivity index (χ2v) is 2.75. The van der Waals surface area contributed by atoms with Crippen molar-refractivity contribution in [1.82, 2.24) is 4.98 Å². The van der Waals surface area contributed by atoms with E-state index < -0.39 is 11.9 Å². The Morgan fingerprint density at radius 1 is 1.53 bits per heavy atom. The zero-order valence-corrected chi connectivity index (χ0v) is 8.51. The number of rotatable bonds is 3. The number of aromatic nitrogens is 1. The highest BCUT2D eigenvalue weighted by Gasteiger charge is 1.94. The van der Waals surface area contributed by atoms with Crippen LogP contribution in [0.25, 0.3) is 0 Å². The topological polar surface area (TPSA) is 93.3 Å². The summed E-state index contributed by atoms with van der Waals surface area (Å²) >= 11 is 0. The summed E-state index contributed by atoms with van der Waals surface area (Å²) in [6.45, 7) is 1.84. The van der Waals surface area contributed by atoms with Gasteiger partial charge in [-0.15, -0.1) is 0 Å². The van der Waals surface area contributed by atoms with Gasteiger partial charge in [0.25, 0.3) is 0 Å². The van der Waals surface area contributed by atoms with Crippen molar-refractivity contribution in [3.8, 4) is 0 Å². The van der Waals surface area contributed by atoms with Crippen molar-refractivity contribution in [2.75, 3.05) is 0 Å². The Morgan fingerprint density at radius 2 is 2.20 bits per heavy atom. The smallest absolute Gasteiger partial charge is 0.303 e. The first-order valence-electron chi connectivity index (χ1n) is 4.49. The largest absolute Gasteiger partial charge is 0.481 e. The molecule has 0 aliphatic heterocycles. The van der Waals surface area contributed by atoms with Gasteiger partial charge >= 0.3 is 5.97 Å². The molecule has 1 amide bonds. The number of primary amides is 1. The van der Waals surface area contributed by atoms with Gasteiger partial charge in [0.05, 0.1) is 5.56 Å². The molecule has 1 aromatic heterocycles. The third kappa shape index (κ3) is 7.18. The first-order valence-corrected chi connectivity index (χ1v) is 4.49. The summed E-state index contributed by atoms with van der Waals surface area (Å²) in [7, 11) is 0. The lowest BCUT2D eigenvalue weighted by Crippen LogP contribution is -2.10. The molecule has 0 spiro atoms. The van der Waals surface area contributed by atoms with Crippen LogP contribution in [0.3, 0.4) is 0 Å². The summed E-state index contributed by atoms with van der Waals surface area (Å²) < 4.78 is 0. The molecule has 15 heavy (non-hydrogen) atoms. The molecule has 0 radical (unpaired) electrons. The highest BCUT2D eigenvalue weighted by atomic mass is 16.4. The zero-order chi connectivity index (χ0) is 11.7. The number of pyridine rings is 1. The molecule has 5 heteroatoms. The number of nitrogens with zero attached hydrogens (tertiary/aromatic N) is 1. The molecule has 82 valence electrons. The molecule has 0 bridgehead atoms. The first kappa shape index (κ1) is 13.1. The lowest BCUT2D eigenvalue weighted by molar-refractivity contribution is -0.137. The van der Waals surface area contributed by atoms with E-state index in [1.54, 1.807) is 18.3 Å². The molecule has 0 aliphatic carbocycles. The van der Waals surface area contributed by atoms with Gasteiger partial charge in [0, 0.05) is 18.8 Å². The number of hydrogen-bond donors (Lipinski definition) is 2. The summed E-state index contributed by atoms with van der Waals surface area (Å²) in [6.07, 6.45) is 4.05. The zero-order valence-electron chi connectivity index (χ0n) is 8.51. The second kappa shape index (κ2) is 7.49. The lowest BCUT2D eigenvalue weighted by atomic mass is 10.3. The third-order valence-corrected chi connectivity index (χ3v) is 1.41. The summed E-state index contributed by atoms with van der Waals surface area (Å²) in [5.41, 5.74) is 5.38. The van der Waals surface area contributed by atoms with Gasteiger partial charge in [-0.2, -0.15) is 0 Å². The minimum atomic E-state index is -0.711. The van der Waals surface area contributed by atoms with E-state index in [-0.39, 0.29) is 0 Å². The Bertz CT molecular complexity index is 312. The Hall–Kier alpha value is -1.91. The quantitative estimate of drug-likeness (QED) is 0.779. The molecule has 1 heterocycles. The SMILES string of the molecule is CCCC(=O)O.NC(=O)c1cccnc1. The van der Waals surface area contributed by atoms with Crippen LogP contribution in [0.2, 0.25) is 0 Å². The van der Waals surface area contributed by atoms with Crippen LogP contribution in [-0.2, 0) is 4.79 Å². The van der Waals surface area contributed by atoms with Crippen LogP contribution in [0.15, 0.2) is 24.5 Å². The highest BCUT2D eigenvalue weighted by Crippen LogP contribution is 1.91. The fraction of sp³-hybridized carbons (Fsp3) is 0.300. The van der Waals surface area contributed by atoms with Crippen LogP contribution >= 0.6 is 0 Å². The number of carboxylic acids is 1. The van der Waals surface area contributed by atoms with Crippen LogP contribution in [-0.4, -0.2) is 22.0 Å². The molecule has 0 atom stereocenters. The Balaban J connectivity index is 0.000000288. The van der Waals surface area contributed by atoms with Crippen molar-refractivity contribution in [2.24, 2.45) is 5.73 Å². The summed E-state index contributed by atoms with van der Waals surface area (Å²) in [4.78, 5) is 23.7. The number of aliphatic carboxylic acids is 1. The molecular weight excluding hydrogens is 196 g/mol. The van der Waals surface area contributed by atoms with Crippen molar-refractivity contribution < 1.29 is 14.7 Å². The predicted octanol–water partition coefficient (Wildman–Crippen LogP) is 1.05. The van der Waals surface area contributed by atoms with Crippen LogP contribution in [0, 0.1) is 0 Å². The van der Waals surface area contributed by atoms with Crippen molar-refractivity contribution in [3.05, 3.63) is 30.1 Å². The molecule has 0 fully saturated rings. The van der Waals surface area contributed by atoms with Crippen LogP contribution in [0.4, 0.5) is 0 Å². The van der Waals surface area contributed by atoms with Crippen molar-refractivity contribution in [1.29, 1.82) is 0 Å². The number of nitrogens with two attached hydrogens (primary N) is 1. The van der Waals surface area contributed by atoms with Crippen LogP contribution < -0.4 is 5.73 Å². The molecule has 0 saturated carbocycles. The highest BCUT2D eigenvalue weighted by molar-refractivity contribution is 5.92. The van der Waals surface area contributed by atoms with Gasteiger partial charge < -0.3 is 10.8 Å². The minimum absolute atomic E-state index is 0.292. The Labute approximate surface area is 87.9 Å². The van der Waals surface area contributed by atoms with Crippen LogP contribution in [0.5, 0.6) is 0 Å². The van der Waals surface area contributed by atoms with Gasteiger partial charge in [-0.1, -0.05) is 6.92 Å². The van der Waals surface area contributed by atoms with Gasteiger partial charge in [-0.05, 0) is 18.6 Å². The van der Waals surface area contributed by atoms with Gasteiger partial charge in [-0.3, -0.25) is 14.6 Å². The number of carbonyl (C=O) groups is 2. The van der Waals surface area contributed by atoms with E-state index in [9.17, 15) is 9.59 Å². The average molecular weight is 210 g/mol. The molecule has 1 rings (SSSR count). The third-order valence-electron chi connectivity index (χ3n) is 1.41. The van der Waals surface area contributed by atoms with E-state index in [1.165, 1.54) is 6.20 Å². The number of hydrogen-bond acceptors (Lipinski definition) is 3. The fourth-order valence-corrected chi connectivity index (χ4v) is 0.722. The van der Waals surface area contributed by atoms with E-state index >= 15 is 0 Å².